The standard InChI is InChI=1S/C23H25N5O/c1-17-8-6-9-18(2)22(17)26-21(29)15-25-14-20-16-28(13-7-12-24)27-23(20)19-10-4-3-5-11-19/h3-6,8-11,16,25H,7,13-15H2,1-2H3,(H,26,29). The van der Waals surface area contributed by atoms with Crippen molar-refractivity contribution in [2.45, 2.75) is 33.4 Å². The van der Waals surface area contributed by atoms with Crippen LogP contribution in [0.2, 0.25) is 0 Å². The molecule has 0 aliphatic heterocycles. The van der Waals surface area contributed by atoms with Crippen molar-refractivity contribution in [3.05, 3.63) is 71.4 Å². The lowest BCUT2D eigenvalue weighted by Crippen LogP contribution is -2.28. The highest BCUT2D eigenvalue weighted by Crippen LogP contribution is 2.22. The first-order valence-corrected chi connectivity index (χ1v) is 9.64. The van der Waals surface area contributed by atoms with Crippen LogP contribution in [0.1, 0.15) is 23.1 Å². The van der Waals surface area contributed by atoms with E-state index in [4.69, 9.17) is 5.26 Å². The molecule has 1 amide bonds. The highest BCUT2D eigenvalue weighted by Gasteiger charge is 2.12. The zero-order chi connectivity index (χ0) is 20.6. The maximum Gasteiger partial charge on any atom is 0.238 e. The molecule has 3 aromatic rings. The molecule has 1 heterocycles. The minimum absolute atomic E-state index is 0.0828. The van der Waals surface area contributed by atoms with Crippen LogP contribution in [-0.2, 0) is 17.9 Å². The van der Waals surface area contributed by atoms with Gasteiger partial charge in [0, 0.05) is 29.6 Å². The summed E-state index contributed by atoms with van der Waals surface area (Å²) >= 11 is 0. The van der Waals surface area contributed by atoms with Crippen molar-refractivity contribution in [3.63, 3.8) is 0 Å². The SMILES string of the molecule is Cc1cccc(C)c1NC(=O)CNCc1cn(CCC#N)nc1-c1ccccc1. The molecule has 0 bridgehead atoms. The molecule has 6 heteroatoms. The largest absolute Gasteiger partial charge is 0.324 e. The monoisotopic (exact) mass is 387 g/mol. The quantitative estimate of drug-likeness (QED) is 0.616. The van der Waals surface area contributed by atoms with Crippen LogP contribution >= 0.6 is 0 Å². The van der Waals surface area contributed by atoms with Crippen LogP contribution in [0.4, 0.5) is 5.69 Å². The molecule has 148 valence electrons. The predicted octanol–water partition coefficient (Wildman–Crippen LogP) is 3.81. The summed E-state index contributed by atoms with van der Waals surface area (Å²) in [5.41, 5.74) is 5.83. The minimum Gasteiger partial charge on any atom is -0.324 e. The zero-order valence-electron chi connectivity index (χ0n) is 16.8. The average Bonchev–Trinajstić information content (AvgIpc) is 3.13. The Hall–Kier alpha value is -3.43. The fourth-order valence-electron chi connectivity index (χ4n) is 3.22. The summed E-state index contributed by atoms with van der Waals surface area (Å²) in [5, 5.41) is 19.7. The van der Waals surface area contributed by atoms with Crippen molar-refractivity contribution in [2.24, 2.45) is 0 Å². The number of nitriles is 1. The van der Waals surface area contributed by atoms with Gasteiger partial charge < -0.3 is 10.6 Å². The van der Waals surface area contributed by atoms with Crippen LogP contribution < -0.4 is 10.6 Å². The molecular formula is C23H25N5O. The summed E-state index contributed by atoms with van der Waals surface area (Å²) in [6, 6.07) is 18.0. The number of nitrogens with one attached hydrogen (secondary N) is 2. The summed E-state index contributed by atoms with van der Waals surface area (Å²) in [4.78, 5) is 12.4. The molecule has 6 nitrogen and oxygen atoms in total. The third kappa shape index (κ3) is 5.31. The molecule has 0 saturated heterocycles. The van der Waals surface area contributed by atoms with E-state index in [1.165, 1.54) is 0 Å². The third-order valence-electron chi connectivity index (χ3n) is 4.68. The van der Waals surface area contributed by atoms with Gasteiger partial charge in [-0.3, -0.25) is 9.48 Å². The number of para-hydroxylation sites is 1. The molecule has 29 heavy (non-hydrogen) atoms. The van der Waals surface area contributed by atoms with Crippen molar-refractivity contribution in [1.82, 2.24) is 15.1 Å². The molecule has 0 spiro atoms. The van der Waals surface area contributed by atoms with Gasteiger partial charge in [-0.15, -0.1) is 0 Å². The van der Waals surface area contributed by atoms with Crippen LogP contribution in [-0.4, -0.2) is 22.2 Å². The van der Waals surface area contributed by atoms with Crippen molar-refractivity contribution >= 4 is 11.6 Å². The Kier molecular flexibility index (Phi) is 6.77. The number of rotatable bonds is 8. The average molecular weight is 387 g/mol. The van der Waals surface area contributed by atoms with Gasteiger partial charge in [-0.2, -0.15) is 10.4 Å². The van der Waals surface area contributed by atoms with Gasteiger partial charge in [0.1, 0.15) is 0 Å². The number of amides is 1. The van der Waals surface area contributed by atoms with Gasteiger partial charge in [0.25, 0.3) is 0 Å². The Bertz CT molecular complexity index is 997. The summed E-state index contributed by atoms with van der Waals surface area (Å²) in [6.07, 6.45) is 2.34. The first kappa shape index (κ1) is 20.3. The number of carbonyl (C=O) groups excluding carboxylic acids is 1. The molecule has 0 saturated carbocycles. The number of hydrogen-bond acceptors (Lipinski definition) is 4. The molecule has 0 atom stereocenters. The Morgan fingerprint density at radius 3 is 2.52 bits per heavy atom. The number of anilines is 1. The van der Waals surface area contributed by atoms with Crippen molar-refractivity contribution in [2.75, 3.05) is 11.9 Å². The summed E-state index contributed by atoms with van der Waals surface area (Å²) in [7, 11) is 0. The number of aryl methyl sites for hydroxylation is 3. The molecule has 0 radical (unpaired) electrons. The lowest BCUT2D eigenvalue weighted by atomic mass is 10.1. The molecule has 2 aromatic carbocycles. The smallest absolute Gasteiger partial charge is 0.238 e. The van der Waals surface area contributed by atoms with E-state index in [2.05, 4.69) is 21.8 Å². The second-order valence-corrected chi connectivity index (χ2v) is 6.96. The topological polar surface area (TPSA) is 82.7 Å². The number of benzene rings is 2. The molecular weight excluding hydrogens is 362 g/mol. The van der Waals surface area contributed by atoms with E-state index in [0.29, 0.717) is 19.5 Å². The predicted molar refractivity (Wildman–Crippen MR) is 114 cm³/mol. The summed E-state index contributed by atoms with van der Waals surface area (Å²) < 4.78 is 1.79. The molecule has 0 aliphatic carbocycles. The molecule has 0 fully saturated rings. The fraction of sp³-hybridized carbons (Fsp3) is 0.261. The normalized spacial score (nSPS) is 10.5. The first-order valence-electron chi connectivity index (χ1n) is 9.64. The van der Waals surface area contributed by atoms with E-state index in [-0.39, 0.29) is 12.5 Å². The Labute approximate surface area is 171 Å². The van der Waals surface area contributed by atoms with Crippen LogP contribution in [0.5, 0.6) is 0 Å². The van der Waals surface area contributed by atoms with Gasteiger partial charge in [-0.05, 0) is 25.0 Å². The van der Waals surface area contributed by atoms with Crippen LogP contribution in [0.25, 0.3) is 11.3 Å². The van der Waals surface area contributed by atoms with Gasteiger partial charge in [0.05, 0.1) is 31.3 Å². The van der Waals surface area contributed by atoms with Crippen molar-refractivity contribution in [1.29, 1.82) is 5.26 Å². The second-order valence-electron chi connectivity index (χ2n) is 6.96. The summed E-state index contributed by atoms with van der Waals surface area (Å²) in [5.74, 6) is -0.0828. The van der Waals surface area contributed by atoms with E-state index >= 15 is 0 Å². The Morgan fingerprint density at radius 1 is 1.10 bits per heavy atom. The highest BCUT2D eigenvalue weighted by molar-refractivity contribution is 5.93. The van der Waals surface area contributed by atoms with Gasteiger partial charge in [-0.1, -0.05) is 48.5 Å². The molecule has 1 aromatic heterocycles. The maximum absolute atomic E-state index is 12.4. The number of aromatic nitrogens is 2. The minimum atomic E-state index is -0.0828. The van der Waals surface area contributed by atoms with E-state index < -0.39 is 0 Å². The van der Waals surface area contributed by atoms with E-state index in [1.54, 1.807) is 4.68 Å². The molecule has 3 rings (SSSR count). The zero-order valence-corrected chi connectivity index (χ0v) is 16.8. The van der Waals surface area contributed by atoms with Crippen LogP contribution in [0, 0.1) is 25.2 Å². The second kappa shape index (κ2) is 9.67. The van der Waals surface area contributed by atoms with E-state index in [1.807, 2.05) is 68.6 Å². The lowest BCUT2D eigenvalue weighted by Gasteiger charge is -2.12. The number of hydrogen-bond donors (Lipinski definition) is 2. The first-order chi connectivity index (χ1) is 14.1. The van der Waals surface area contributed by atoms with E-state index in [0.717, 1.165) is 33.6 Å². The van der Waals surface area contributed by atoms with Crippen LogP contribution in [0.3, 0.4) is 0 Å². The molecule has 0 aliphatic rings. The Morgan fingerprint density at radius 2 is 1.83 bits per heavy atom. The fourth-order valence-corrected chi connectivity index (χ4v) is 3.22. The Balaban J connectivity index is 1.66. The van der Waals surface area contributed by atoms with Crippen molar-refractivity contribution in [3.8, 4) is 17.3 Å². The third-order valence-corrected chi connectivity index (χ3v) is 4.68. The molecule has 0 unspecified atom stereocenters. The van der Waals surface area contributed by atoms with Gasteiger partial charge >= 0.3 is 0 Å². The highest BCUT2D eigenvalue weighted by atomic mass is 16.1. The number of carbonyl (C=O) groups is 1. The molecule has 2 N–H and O–H groups in total. The lowest BCUT2D eigenvalue weighted by molar-refractivity contribution is -0.115. The van der Waals surface area contributed by atoms with Gasteiger partial charge in [-0.25, -0.2) is 0 Å². The van der Waals surface area contributed by atoms with E-state index in [9.17, 15) is 4.79 Å². The van der Waals surface area contributed by atoms with Crippen LogP contribution in [0.15, 0.2) is 54.7 Å². The summed E-state index contributed by atoms with van der Waals surface area (Å²) in [6.45, 7) is 5.22. The maximum atomic E-state index is 12.4. The number of nitrogens with zero attached hydrogens (tertiary/aromatic N) is 3. The van der Waals surface area contributed by atoms with Gasteiger partial charge in [0.2, 0.25) is 5.91 Å². The van der Waals surface area contributed by atoms with Crippen molar-refractivity contribution < 1.29 is 4.79 Å². The van der Waals surface area contributed by atoms with Gasteiger partial charge in [0.15, 0.2) is 0 Å².